The maximum absolute atomic E-state index is 12.3. The van der Waals surface area contributed by atoms with E-state index in [1.54, 1.807) is 12.1 Å². The second-order valence-corrected chi connectivity index (χ2v) is 9.24. The van der Waals surface area contributed by atoms with Gasteiger partial charge in [0.15, 0.2) is 0 Å². The molecule has 6 nitrogen and oxygen atoms in total. The summed E-state index contributed by atoms with van der Waals surface area (Å²) < 4.78 is 31.3. The molecule has 0 bridgehead atoms. The van der Waals surface area contributed by atoms with E-state index in [0.717, 1.165) is 24.8 Å². The minimum Gasteiger partial charge on any atom is -0.495 e. The molecule has 0 saturated heterocycles. The summed E-state index contributed by atoms with van der Waals surface area (Å²) in [4.78, 5) is 12.2. The number of methoxy groups -OCH3 is 1. The van der Waals surface area contributed by atoms with Gasteiger partial charge in [0.2, 0.25) is 15.9 Å². The van der Waals surface area contributed by atoms with Crippen LogP contribution in [0.4, 0.5) is 5.69 Å². The molecule has 0 fully saturated rings. The van der Waals surface area contributed by atoms with Gasteiger partial charge < -0.3 is 10.1 Å². The highest BCUT2D eigenvalue weighted by Crippen LogP contribution is 2.31. The van der Waals surface area contributed by atoms with E-state index in [9.17, 15) is 13.2 Å². The quantitative estimate of drug-likeness (QED) is 0.533. The predicted molar refractivity (Wildman–Crippen MR) is 115 cm³/mol. The largest absolute Gasteiger partial charge is 0.495 e. The van der Waals surface area contributed by atoms with E-state index in [4.69, 9.17) is 4.74 Å². The van der Waals surface area contributed by atoms with Gasteiger partial charge >= 0.3 is 0 Å². The summed E-state index contributed by atoms with van der Waals surface area (Å²) in [6.07, 6.45) is 6.43. The van der Waals surface area contributed by atoms with E-state index in [1.807, 2.05) is 13.0 Å². The Morgan fingerprint density at radius 2 is 1.96 bits per heavy atom. The van der Waals surface area contributed by atoms with Gasteiger partial charge in [0.25, 0.3) is 0 Å². The number of ether oxygens (including phenoxy) is 1. The van der Waals surface area contributed by atoms with Crippen molar-refractivity contribution >= 4 is 21.6 Å². The number of hydrogen-bond donors (Lipinski definition) is 1. The summed E-state index contributed by atoms with van der Waals surface area (Å²) >= 11 is 0. The maximum Gasteiger partial charge on any atom is 0.232 e. The minimum atomic E-state index is -3.48. The second kappa shape index (κ2) is 11.9. The molecule has 0 saturated carbocycles. The molecule has 0 radical (unpaired) electrons. The van der Waals surface area contributed by atoms with Crippen LogP contribution in [0.2, 0.25) is 0 Å². The molecule has 28 heavy (non-hydrogen) atoms. The van der Waals surface area contributed by atoms with Crippen LogP contribution in [0.25, 0.3) is 0 Å². The number of anilines is 1. The average Bonchev–Trinajstić information content (AvgIpc) is 2.64. The highest BCUT2D eigenvalue weighted by Gasteiger charge is 2.21. The summed E-state index contributed by atoms with van der Waals surface area (Å²) in [7, 11) is -1.96. The van der Waals surface area contributed by atoms with Crippen molar-refractivity contribution in [1.82, 2.24) is 5.32 Å². The number of nitrogens with one attached hydrogen (secondary N) is 1. The van der Waals surface area contributed by atoms with E-state index in [-0.39, 0.29) is 12.5 Å². The van der Waals surface area contributed by atoms with Gasteiger partial charge in [-0.3, -0.25) is 9.10 Å². The van der Waals surface area contributed by atoms with Gasteiger partial charge in [-0.05, 0) is 43.4 Å². The molecule has 0 aliphatic rings. The molecule has 0 aliphatic carbocycles. The zero-order valence-corrected chi connectivity index (χ0v) is 18.8. The van der Waals surface area contributed by atoms with Crippen molar-refractivity contribution in [2.45, 2.75) is 59.3 Å². The number of rotatable bonds is 13. The lowest BCUT2D eigenvalue weighted by Gasteiger charge is -2.24. The molecule has 0 aliphatic heterocycles. The predicted octanol–water partition coefficient (Wildman–Crippen LogP) is 3.88. The Balaban J connectivity index is 2.66. The van der Waals surface area contributed by atoms with E-state index < -0.39 is 10.0 Å². The van der Waals surface area contributed by atoms with Crippen molar-refractivity contribution in [1.29, 1.82) is 0 Å². The van der Waals surface area contributed by atoms with Gasteiger partial charge in [0, 0.05) is 19.5 Å². The number of nitrogens with zero attached hydrogens (tertiary/aromatic N) is 1. The molecule has 0 unspecified atom stereocenters. The molecule has 0 spiro atoms. The Labute approximate surface area is 170 Å². The van der Waals surface area contributed by atoms with Crippen molar-refractivity contribution in [3.8, 4) is 5.75 Å². The highest BCUT2D eigenvalue weighted by atomic mass is 32.2. The molecular formula is C21H36N2O4S. The van der Waals surface area contributed by atoms with E-state index in [0.29, 0.717) is 36.7 Å². The number of benzene rings is 1. The van der Waals surface area contributed by atoms with Gasteiger partial charge in [-0.25, -0.2) is 8.42 Å². The molecular weight excluding hydrogens is 376 g/mol. The molecule has 0 heterocycles. The third-order valence-corrected chi connectivity index (χ3v) is 6.08. The lowest BCUT2D eigenvalue weighted by atomic mass is 9.99. The summed E-state index contributed by atoms with van der Waals surface area (Å²) in [6, 6.07) is 5.43. The number of carbonyl (C=O) groups is 1. The van der Waals surface area contributed by atoms with Crippen molar-refractivity contribution in [3.63, 3.8) is 0 Å². The van der Waals surface area contributed by atoms with Crippen molar-refractivity contribution in [2.24, 2.45) is 5.92 Å². The van der Waals surface area contributed by atoms with Crippen molar-refractivity contribution in [2.75, 3.05) is 30.8 Å². The molecule has 0 aromatic heterocycles. The Bertz CT molecular complexity index is 719. The van der Waals surface area contributed by atoms with Crippen LogP contribution in [-0.2, 0) is 14.8 Å². The van der Waals surface area contributed by atoms with E-state index >= 15 is 0 Å². The SMILES string of the molecule is CCCC[C@H](CC)CNC(=O)CCCN(c1cc(C)ccc1OC)S(C)(=O)=O. The average molecular weight is 413 g/mol. The first-order valence-electron chi connectivity index (χ1n) is 10.1. The number of hydrogen-bond acceptors (Lipinski definition) is 4. The fraction of sp³-hybridized carbons (Fsp3) is 0.667. The number of sulfonamides is 1. The lowest BCUT2D eigenvalue weighted by molar-refractivity contribution is -0.121. The second-order valence-electron chi connectivity index (χ2n) is 7.33. The molecule has 1 rings (SSSR count). The van der Waals surface area contributed by atoms with Crippen LogP contribution < -0.4 is 14.4 Å². The van der Waals surface area contributed by atoms with Crippen molar-refractivity contribution in [3.05, 3.63) is 23.8 Å². The zero-order chi connectivity index (χ0) is 21.2. The fourth-order valence-electron chi connectivity index (χ4n) is 3.13. The van der Waals surface area contributed by atoms with Crippen LogP contribution in [0.5, 0.6) is 5.75 Å². The van der Waals surface area contributed by atoms with Crippen LogP contribution in [0.1, 0.15) is 57.9 Å². The number of carbonyl (C=O) groups excluding carboxylic acids is 1. The zero-order valence-electron chi connectivity index (χ0n) is 18.0. The molecule has 7 heteroatoms. The first-order valence-corrected chi connectivity index (χ1v) is 12.0. The van der Waals surface area contributed by atoms with Crippen molar-refractivity contribution < 1.29 is 17.9 Å². The summed E-state index contributed by atoms with van der Waals surface area (Å²) in [5, 5.41) is 2.99. The third-order valence-electron chi connectivity index (χ3n) is 4.90. The number of aryl methyl sites for hydroxylation is 1. The monoisotopic (exact) mass is 412 g/mol. The van der Waals surface area contributed by atoms with Crippen LogP contribution >= 0.6 is 0 Å². The molecule has 1 aromatic carbocycles. The molecule has 1 amide bonds. The van der Waals surface area contributed by atoms with Crippen LogP contribution in [0, 0.1) is 12.8 Å². The topological polar surface area (TPSA) is 75.7 Å². The van der Waals surface area contributed by atoms with Gasteiger partial charge in [-0.1, -0.05) is 39.2 Å². The summed E-state index contributed by atoms with van der Waals surface area (Å²) in [5.74, 6) is 0.981. The maximum atomic E-state index is 12.3. The smallest absolute Gasteiger partial charge is 0.232 e. The third kappa shape index (κ3) is 8.09. The van der Waals surface area contributed by atoms with Crippen LogP contribution in [0.15, 0.2) is 18.2 Å². The molecule has 160 valence electrons. The molecule has 1 N–H and O–H groups in total. The highest BCUT2D eigenvalue weighted by molar-refractivity contribution is 7.92. The Kier molecular flexibility index (Phi) is 10.4. The van der Waals surface area contributed by atoms with E-state index in [2.05, 4.69) is 19.2 Å². The minimum absolute atomic E-state index is 0.0281. The lowest BCUT2D eigenvalue weighted by Crippen LogP contribution is -2.33. The Morgan fingerprint density at radius 1 is 1.25 bits per heavy atom. The van der Waals surface area contributed by atoms with Gasteiger partial charge in [0.05, 0.1) is 19.1 Å². The standard InChI is InChI=1S/C21H36N2O4S/c1-6-8-10-18(7-2)16-22-21(24)11-9-14-23(28(5,25)26)19-15-17(3)12-13-20(19)27-4/h12-13,15,18H,6-11,14,16H2,1-5H3,(H,22,24)/t18-/m0/s1. The Hall–Kier alpha value is -1.76. The first-order chi connectivity index (χ1) is 13.2. The summed E-state index contributed by atoms with van der Waals surface area (Å²) in [6.45, 7) is 7.14. The number of unbranched alkanes of at least 4 members (excludes halogenated alkanes) is 1. The fourth-order valence-corrected chi connectivity index (χ4v) is 4.09. The van der Waals surface area contributed by atoms with E-state index in [1.165, 1.54) is 24.1 Å². The van der Waals surface area contributed by atoms with Crippen LogP contribution in [-0.4, -0.2) is 40.8 Å². The first kappa shape index (κ1) is 24.3. The normalized spacial score (nSPS) is 12.5. The summed E-state index contributed by atoms with van der Waals surface area (Å²) in [5.41, 5.74) is 1.45. The van der Waals surface area contributed by atoms with Gasteiger partial charge in [0.1, 0.15) is 5.75 Å². The number of amides is 1. The molecule has 1 aromatic rings. The Morgan fingerprint density at radius 3 is 2.54 bits per heavy atom. The van der Waals surface area contributed by atoms with Gasteiger partial charge in [-0.2, -0.15) is 0 Å². The molecule has 1 atom stereocenters. The van der Waals surface area contributed by atoms with Crippen LogP contribution in [0.3, 0.4) is 0 Å². The van der Waals surface area contributed by atoms with Gasteiger partial charge in [-0.15, -0.1) is 0 Å².